The van der Waals surface area contributed by atoms with Crippen molar-refractivity contribution >= 4 is 38.6 Å². The summed E-state index contributed by atoms with van der Waals surface area (Å²) < 4.78 is 23.7. The molecule has 2 aliphatic heterocycles. The summed E-state index contributed by atoms with van der Waals surface area (Å²) >= 11 is 7.86. The number of nitrogens with zero attached hydrogens (tertiary/aromatic N) is 2. The second kappa shape index (κ2) is 8.94. The third-order valence-corrected chi connectivity index (χ3v) is 8.49. The summed E-state index contributed by atoms with van der Waals surface area (Å²) in [6.07, 6.45) is 4.86. The maximum Gasteiger partial charge on any atom is 0.238 e. The number of thiophene rings is 1. The lowest BCUT2D eigenvalue weighted by atomic mass is 9.92. The highest BCUT2D eigenvalue weighted by Gasteiger charge is 2.26. The van der Waals surface area contributed by atoms with Crippen LogP contribution in [-0.2, 0) is 10.0 Å². The molecule has 0 bridgehead atoms. The molecule has 1 aromatic heterocycles. The molecule has 1 unspecified atom stereocenters. The fourth-order valence-corrected chi connectivity index (χ4v) is 6.29. The van der Waals surface area contributed by atoms with Crippen molar-refractivity contribution in [3.05, 3.63) is 45.6 Å². The molecule has 4 rings (SSSR count). The molecule has 2 fully saturated rings. The van der Waals surface area contributed by atoms with Crippen LogP contribution in [0.4, 0.5) is 5.69 Å². The lowest BCUT2D eigenvalue weighted by Crippen LogP contribution is -2.41. The summed E-state index contributed by atoms with van der Waals surface area (Å²) in [5.41, 5.74) is 1.07. The first-order valence-electron chi connectivity index (χ1n) is 10.2. The van der Waals surface area contributed by atoms with Gasteiger partial charge in [0.2, 0.25) is 10.0 Å². The third-order valence-electron chi connectivity index (χ3n) is 6.16. The summed E-state index contributed by atoms with van der Waals surface area (Å²) in [5, 5.41) is 5.19. The Kier molecular flexibility index (Phi) is 6.51. The molecular weight excluding hydrogens is 426 g/mol. The first kappa shape index (κ1) is 21.1. The Morgan fingerprint density at radius 2 is 1.76 bits per heavy atom. The number of nitrogens with two attached hydrogens (primary N) is 1. The number of hydrogen-bond donors (Lipinski definition) is 1. The second-order valence-electron chi connectivity index (χ2n) is 8.21. The van der Waals surface area contributed by atoms with Crippen LogP contribution in [0.1, 0.15) is 36.5 Å². The Bertz CT molecular complexity index is 922. The second-order valence-corrected chi connectivity index (χ2v) is 11.5. The molecule has 29 heavy (non-hydrogen) atoms. The molecule has 5 nitrogen and oxygen atoms in total. The van der Waals surface area contributed by atoms with Crippen LogP contribution in [0.5, 0.6) is 0 Å². The van der Waals surface area contributed by atoms with E-state index in [1.165, 1.54) is 43.6 Å². The van der Waals surface area contributed by atoms with Crippen molar-refractivity contribution in [3.8, 4) is 0 Å². The number of likely N-dealkylation sites (tertiary alicyclic amines) is 1. The number of hydrogen-bond acceptors (Lipinski definition) is 5. The molecule has 0 saturated carbocycles. The molecule has 2 N–H and O–H groups in total. The monoisotopic (exact) mass is 453 g/mol. The Labute approximate surface area is 182 Å². The molecule has 2 aliphatic rings. The molecule has 1 aromatic carbocycles. The fourth-order valence-electron chi connectivity index (χ4n) is 4.59. The average Bonchev–Trinajstić information content (AvgIpc) is 3.15. The van der Waals surface area contributed by atoms with Gasteiger partial charge in [-0.2, -0.15) is 0 Å². The van der Waals surface area contributed by atoms with Gasteiger partial charge in [0.1, 0.15) is 0 Å². The number of halogens is 1. The van der Waals surface area contributed by atoms with Crippen molar-refractivity contribution in [1.29, 1.82) is 0 Å². The van der Waals surface area contributed by atoms with Crippen LogP contribution in [0.2, 0.25) is 4.34 Å². The molecule has 0 radical (unpaired) electrons. The van der Waals surface area contributed by atoms with Gasteiger partial charge in [-0.3, -0.25) is 0 Å². The quantitative estimate of drug-likeness (QED) is 0.738. The molecule has 0 spiro atoms. The maximum absolute atomic E-state index is 11.4. The standard InChI is InChI=1S/C21H28ClN3O2S2/c22-21-8-7-20(28-21)17-2-1-11-24(15-17)14-16-9-12-25(13-10-16)18-3-5-19(6-4-18)29(23,26)27/h3-8,16-17H,1-2,9-15H2,(H2,23,26,27). The minimum atomic E-state index is -3.63. The van der Waals surface area contributed by atoms with E-state index in [1.807, 2.05) is 18.2 Å². The molecule has 1 atom stereocenters. The molecule has 0 aliphatic carbocycles. The zero-order valence-electron chi connectivity index (χ0n) is 16.5. The minimum absolute atomic E-state index is 0.169. The fraction of sp³-hybridized carbons (Fsp3) is 0.524. The van der Waals surface area contributed by atoms with E-state index < -0.39 is 10.0 Å². The molecule has 8 heteroatoms. The van der Waals surface area contributed by atoms with E-state index in [1.54, 1.807) is 23.5 Å². The number of primary sulfonamides is 1. The predicted octanol–water partition coefficient (Wildman–Crippen LogP) is 4.14. The number of piperidine rings is 2. The topological polar surface area (TPSA) is 66.6 Å². The van der Waals surface area contributed by atoms with Gasteiger partial charge in [-0.05, 0) is 74.5 Å². The highest BCUT2D eigenvalue weighted by molar-refractivity contribution is 7.89. The van der Waals surface area contributed by atoms with Crippen LogP contribution in [0.3, 0.4) is 0 Å². The number of sulfonamides is 1. The van der Waals surface area contributed by atoms with Crippen molar-refractivity contribution in [2.75, 3.05) is 37.6 Å². The van der Waals surface area contributed by atoms with Crippen LogP contribution in [0.15, 0.2) is 41.3 Å². The van der Waals surface area contributed by atoms with Crippen LogP contribution >= 0.6 is 22.9 Å². The third kappa shape index (κ3) is 5.33. The smallest absolute Gasteiger partial charge is 0.238 e. The Morgan fingerprint density at radius 1 is 1.03 bits per heavy atom. The summed E-state index contributed by atoms with van der Waals surface area (Å²) in [4.78, 5) is 6.58. The maximum atomic E-state index is 11.4. The van der Waals surface area contributed by atoms with E-state index in [9.17, 15) is 8.42 Å². The van der Waals surface area contributed by atoms with Crippen LogP contribution < -0.4 is 10.0 Å². The van der Waals surface area contributed by atoms with Crippen molar-refractivity contribution in [3.63, 3.8) is 0 Å². The molecule has 2 saturated heterocycles. The SMILES string of the molecule is NS(=O)(=O)c1ccc(N2CCC(CN3CCCC(c4ccc(Cl)s4)C3)CC2)cc1. The number of rotatable bonds is 5. The highest BCUT2D eigenvalue weighted by atomic mass is 35.5. The number of anilines is 1. The van der Waals surface area contributed by atoms with Gasteiger partial charge < -0.3 is 9.80 Å². The molecular formula is C21H28ClN3O2S2. The lowest BCUT2D eigenvalue weighted by molar-refractivity contribution is 0.168. The molecule has 158 valence electrons. The first-order chi connectivity index (χ1) is 13.9. The Hall–Kier alpha value is -1.12. The van der Waals surface area contributed by atoms with Crippen LogP contribution in [0.25, 0.3) is 0 Å². The first-order valence-corrected chi connectivity index (χ1v) is 13.0. The van der Waals surface area contributed by atoms with E-state index >= 15 is 0 Å². The van der Waals surface area contributed by atoms with Gasteiger partial charge in [-0.15, -0.1) is 11.3 Å². The average molecular weight is 454 g/mol. The van der Waals surface area contributed by atoms with Crippen LogP contribution in [-0.4, -0.2) is 46.0 Å². The highest BCUT2D eigenvalue weighted by Crippen LogP contribution is 2.34. The molecule has 0 amide bonds. The van der Waals surface area contributed by atoms with E-state index in [4.69, 9.17) is 16.7 Å². The van der Waals surface area contributed by atoms with Gasteiger partial charge in [0.05, 0.1) is 9.23 Å². The molecule has 3 heterocycles. The van der Waals surface area contributed by atoms with Gasteiger partial charge in [-0.1, -0.05) is 11.6 Å². The Morgan fingerprint density at radius 3 is 2.38 bits per heavy atom. The summed E-state index contributed by atoms with van der Waals surface area (Å²) in [6, 6.07) is 11.1. The normalized spacial score (nSPS) is 22.1. The van der Waals surface area contributed by atoms with E-state index in [-0.39, 0.29) is 4.90 Å². The van der Waals surface area contributed by atoms with Crippen molar-refractivity contribution in [1.82, 2.24) is 4.90 Å². The van der Waals surface area contributed by atoms with E-state index in [0.717, 1.165) is 35.6 Å². The van der Waals surface area contributed by atoms with Gasteiger partial charge in [0.15, 0.2) is 0 Å². The predicted molar refractivity (Wildman–Crippen MR) is 120 cm³/mol. The van der Waals surface area contributed by atoms with Crippen molar-refractivity contribution < 1.29 is 8.42 Å². The van der Waals surface area contributed by atoms with Gasteiger partial charge in [0.25, 0.3) is 0 Å². The number of benzene rings is 1. The van der Waals surface area contributed by atoms with Crippen molar-refractivity contribution in [2.24, 2.45) is 11.1 Å². The van der Waals surface area contributed by atoms with Gasteiger partial charge in [0, 0.05) is 42.7 Å². The van der Waals surface area contributed by atoms with E-state index in [2.05, 4.69) is 15.9 Å². The molecule has 2 aromatic rings. The minimum Gasteiger partial charge on any atom is -0.372 e. The lowest BCUT2D eigenvalue weighted by Gasteiger charge is -2.38. The van der Waals surface area contributed by atoms with Crippen LogP contribution in [0, 0.1) is 5.92 Å². The van der Waals surface area contributed by atoms with Gasteiger partial charge in [-0.25, -0.2) is 13.6 Å². The Balaban J connectivity index is 1.28. The summed E-state index contributed by atoms with van der Waals surface area (Å²) in [6.45, 7) is 5.54. The van der Waals surface area contributed by atoms with E-state index in [0.29, 0.717) is 5.92 Å². The summed E-state index contributed by atoms with van der Waals surface area (Å²) in [7, 11) is -3.63. The van der Waals surface area contributed by atoms with Gasteiger partial charge >= 0.3 is 0 Å². The zero-order chi connectivity index (χ0) is 20.4. The largest absolute Gasteiger partial charge is 0.372 e. The summed E-state index contributed by atoms with van der Waals surface area (Å²) in [5.74, 6) is 1.35. The van der Waals surface area contributed by atoms with Crippen molar-refractivity contribution in [2.45, 2.75) is 36.5 Å². The zero-order valence-corrected chi connectivity index (χ0v) is 18.9.